The molecule has 0 amide bonds. The molecule has 1 aromatic rings. The molecule has 0 aromatic heterocycles. The Bertz CT molecular complexity index is 660. The van der Waals surface area contributed by atoms with Crippen molar-refractivity contribution in [2.45, 2.75) is 23.8 Å². The number of carboxylic acid groups (broad SMARTS) is 1. The molecule has 0 aliphatic carbocycles. The van der Waals surface area contributed by atoms with Crippen molar-refractivity contribution in [1.82, 2.24) is 4.72 Å². The highest BCUT2D eigenvalue weighted by atomic mass is 32.2. The Morgan fingerprint density at radius 1 is 1.29 bits per heavy atom. The maximum Gasteiger partial charge on any atom is 0.325 e. The number of Topliss-reactive ketones (excluding diaryl/α,β-unsaturated/α-hetero) is 1. The summed E-state index contributed by atoms with van der Waals surface area (Å²) in [5, 5.41) is 9.31. The van der Waals surface area contributed by atoms with Gasteiger partial charge < -0.3 is 5.11 Å². The first-order valence-corrected chi connectivity index (χ1v) is 8.87. The van der Waals surface area contributed by atoms with Gasteiger partial charge in [-0.05, 0) is 31.2 Å². The zero-order valence-corrected chi connectivity index (χ0v) is 13.0. The highest BCUT2D eigenvalue weighted by Crippen LogP contribution is 2.30. The van der Waals surface area contributed by atoms with Crippen LogP contribution in [0, 0.1) is 0 Å². The van der Waals surface area contributed by atoms with Gasteiger partial charge >= 0.3 is 5.97 Å². The summed E-state index contributed by atoms with van der Waals surface area (Å²) in [5.74, 6) is -0.539. The molecule has 1 fully saturated rings. The topological polar surface area (TPSA) is 101 Å². The lowest BCUT2D eigenvalue weighted by Gasteiger charge is -2.24. The number of carbonyl (C=O) groups excluding carboxylic acids is 1. The van der Waals surface area contributed by atoms with E-state index in [4.69, 9.17) is 0 Å². The number of carbonyl (C=O) groups is 2. The van der Waals surface area contributed by atoms with Crippen LogP contribution in [0.15, 0.2) is 29.2 Å². The Balaban J connectivity index is 2.29. The first kappa shape index (κ1) is 16.0. The van der Waals surface area contributed by atoms with Crippen molar-refractivity contribution in [1.29, 1.82) is 0 Å². The van der Waals surface area contributed by atoms with Gasteiger partial charge in [-0.25, -0.2) is 8.42 Å². The SMILES string of the molecule is CC(=O)c1ccc(S(=O)(=O)NC2(C(=O)O)CCSC2)cc1. The van der Waals surface area contributed by atoms with Crippen LogP contribution in [0.2, 0.25) is 0 Å². The Kier molecular flexibility index (Phi) is 4.40. The summed E-state index contributed by atoms with van der Waals surface area (Å²) in [6.45, 7) is 1.39. The Morgan fingerprint density at radius 3 is 2.33 bits per heavy atom. The number of nitrogens with one attached hydrogen (secondary N) is 1. The lowest BCUT2D eigenvalue weighted by molar-refractivity contribution is -0.142. The summed E-state index contributed by atoms with van der Waals surface area (Å²) in [6.07, 6.45) is 0.248. The molecule has 1 aliphatic rings. The molecule has 0 saturated carbocycles. The van der Waals surface area contributed by atoms with Crippen LogP contribution in [-0.4, -0.2) is 42.3 Å². The van der Waals surface area contributed by atoms with Crippen molar-refractivity contribution >= 4 is 33.5 Å². The number of hydrogen-bond acceptors (Lipinski definition) is 5. The van der Waals surface area contributed by atoms with E-state index in [-0.39, 0.29) is 22.9 Å². The number of carboxylic acids is 1. The molecule has 114 valence electrons. The Morgan fingerprint density at radius 2 is 1.90 bits per heavy atom. The predicted molar refractivity (Wildman–Crippen MR) is 79.1 cm³/mol. The Hall–Kier alpha value is -1.38. The molecule has 1 aromatic carbocycles. The summed E-state index contributed by atoms with van der Waals surface area (Å²) in [5.41, 5.74) is -1.05. The number of ketones is 1. The smallest absolute Gasteiger partial charge is 0.325 e. The quantitative estimate of drug-likeness (QED) is 0.785. The number of hydrogen-bond donors (Lipinski definition) is 2. The highest BCUT2D eigenvalue weighted by Gasteiger charge is 2.45. The fourth-order valence-electron chi connectivity index (χ4n) is 2.04. The molecule has 1 aliphatic heterocycles. The average molecular weight is 329 g/mol. The molecule has 1 heterocycles. The Labute approximate surface area is 127 Å². The average Bonchev–Trinajstić information content (AvgIpc) is 2.88. The fraction of sp³-hybridized carbons (Fsp3) is 0.385. The van der Waals surface area contributed by atoms with Crippen LogP contribution >= 0.6 is 11.8 Å². The van der Waals surface area contributed by atoms with Crippen LogP contribution in [0.5, 0.6) is 0 Å². The monoisotopic (exact) mass is 329 g/mol. The third kappa shape index (κ3) is 3.28. The van der Waals surface area contributed by atoms with Gasteiger partial charge in [0.2, 0.25) is 10.0 Å². The minimum absolute atomic E-state index is 0.0509. The molecule has 2 rings (SSSR count). The van der Waals surface area contributed by atoms with Crippen LogP contribution in [0.4, 0.5) is 0 Å². The number of aliphatic carboxylic acids is 1. The third-order valence-corrected chi connectivity index (χ3v) is 6.07. The van der Waals surface area contributed by atoms with Crippen molar-refractivity contribution in [3.05, 3.63) is 29.8 Å². The van der Waals surface area contributed by atoms with E-state index in [1.807, 2.05) is 0 Å². The minimum Gasteiger partial charge on any atom is -0.480 e. The van der Waals surface area contributed by atoms with Gasteiger partial charge in [0, 0.05) is 11.3 Å². The largest absolute Gasteiger partial charge is 0.480 e. The molecule has 8 heteroatoms. The van der Waals surface area contributed by atoms with Crippen LogP contribution in [0.25, 0.3) is 0 Å². The van der Waals surface area contributed by atoms with E-state index >= 15 is 0 Å². The van der Waals surface area contributed by atoms with E-state index < -0.39 is 21.5 Å². The van der Waals surface area contributed by atoms with E-state index in [1.54, 1.807) is 0 Å². The van der Waals surface area contributed by atoms with Crippen LogP contribution in [-0.2, 0) is 14.8 Å². The minimum atomic E-state index is -3.95. The van der Waals surface area contributed by atoms with Gasteiger partial charge in [-0.1, -0.05) is 12.1 Å². The summed E-state index contributed by atoms with van der Waals surface area (Å²) in [4.78, 5) is 22.5. The summed E-state index contributed by atoms with van der Waals surface area (Å²) in [6, 6.07) is 5.43. The second-order valence-electron chi connectivity index (χ2n) is 4.88. The molecule has 1 unspecified atom stereocenters. The molecular weight excluding hydrogens is 314 g/mol. The van der Waals surface area contributed by atoms with E-state index in [0.29, 0.717) is 11.3 Å². The second-order valence-corrected chi connectivity index (χ2v) is 7.66. The van der Waals surface area contributed by atoms with E-state index in [1.165, 1.54) is 43.0 Å². The van der Waals surface area contributed by atoms with Crippen molar-refractivity contribution < 1.29 is 23.1 Å². The number of thioether (sulfide) groups is 1. The van der Waals surface area contributed by atoms with Gasteiger partial charge in [0.15, 0.2) is 5.78 Å². The summed E-state index contributed by atoms with van der Waals surface area (Å²) >= 11 is 1.40. The molecular formula is C13H15NO5S2. The van der Waals surface area contributed by atoms with Crippen LogP contribution in [0.1, 0.15) is 23.7 Å². The molecule has 21 heavy (non-hydrogen) atoms. The molecule has 0 bridgehead atoms. The van der Waals surface area contributed by atoms with Gasteiger partial charge in [0.1, 0.15) is 5.54 Å². The predicted octanol–water partition coefficient (Wildman–Crippen LogP) is 1.13. The molecule has 2 N–H and O–H groups in total. The highest BCUT2D eigenvalue weighted by molar-refractivity contribution is 7.99. The summed E-state index contributed by atoms with van der Waals surface area (Å²) in [7, 11) is -3.95. The third-order valence-electron chi connectivity index (χ3n) is 3.33. The van der Waals surface area contributed by atoms with Gasteiger partial charge in [-0.3, -0.25) is 9.59 Å². The molecule has 1 saturated heterocycles. The number of rotatable bonds is 5. The molecule has 6 nitrogen and oxygen atoms in total. The summed E-state index contributed by atoms with van der Waals surface area (Å²) < 4.78 is 26.9. The number of benzene rings is 1. The lowest BCUT2D eigenvalue weighted by atomic mass is 10.0. The first-order valence-electron chi connectivity index (χ1n) is 6.23. The number of sulfonamides is 1. The molecule has 0 radical (unpaired) electrons. The normalized spacial score (nSPS) is 22.1. The zero-order chi connectivity index (χ0) is 15.7. The van der Waals surface area contributed by atoms with Crippen molar-refractivity contribution in [3.63, 3.8) is 0 Å². The van der Waals surface area contributed by atoms with Crippen LogP contribution < -0.4 is 4.72 Å². The van der Waals surface area contributed by atoms with Gasteiger partial charge in [0.05, 0.1) is 4.90 Å². The van der Waals surface area contributed by atoms with Crippen LogP contribution in [0.3, 0.4) is 0 Å². The van der Waals surface area contributed by atoms with Gasteiger partial charge in [-0.2, -0.15) is 16.5 Å². The van der Waals surface area contributed by atoms with Gasteiger partial charge in [-0.15, -0.1) is 0 Å². The standard InChI is InChI=1S/C13H15NO5S2/c1-9(15)10-2-4-11(5-3-10)21(18,19)14-13(12(16)17)6-7-20-8-13/h2-5,14H,6-8H2,1H3,(H,16,17). The molecule has 1 atom stereocenters. The van der Waals surface area contributed by atoms with E-state index in [2.05, 4.69) is 4.72 Å². The second kappa shape index (κ2) is 5.78. The molecule has 0 spiro atoms. The van der Waals surface area contributed by atoms with Crippen molar-refractivity contribution in [2.75, 3.05) is 11.5 Å². The van der Waals surface area contributed by atoms with E-state index in [0.717, 1.165) is 0 Å². The maximum atomic E-state index is 12.3. The lowest BCUT2D eigenvalue weighted by Crippen LogP contribution is -2.54. The van der Waals surface area contributed by atoms with E-state index in [9.17, 15) is 23.1 Å². The van der Waals surface area contributed by atoms with Gasteiger partial charge in [0.25, 0.3) is 0 Å². The van der Waals surface area contributed by atoms with Crippen molar-refractivity contribution in [2.24, 2.45) is 0 Å². The maximum absolute atomic E-state index is 12.3. The fourth-order valence-corrected chi connectivity index (χ4v) is 4.85. The first-order chi connectivity index (χ1) is 9.77. The zero-order valence-electron chi connectivity index (χ0n) is 11.3. The van der Waals surface area contributed by atoms with Crippen molar-refractivity contribution in [3.8, 4) is 0 Å².